The molecule has 1 aromatic heterocycles. The Balaban J connectivity index is 1.45. The lowest BCUT2D eigenvalue weighted by atomic mass is 10.00. The van der Waals surface area contributed by atoms with E-state index < -0.39 is 0 Å². The molecule has 198 valence electrons. The third-order valence-electron chi connectivity index (χ3n) is 6.80. The highest BCUT2D eigenvalue weighted by atomic mass is 35.5. The van der Waals surface area contributed by atoms with Gasteiger partial charge in [0.15, 0.2) is 0 Å². The van der Waals surface area contributed by atoms with E-state index in [9.17, 15) is 0 Å². The Kier molecular flexibility index (Phi) is 7.86. The maximum absolute atomic E-state index is 6.52. The Hall–Kier alpha value is -3.55. The van der Waals surface area contributed by atoms with Gasteiger partial charge in [-0.25, -0.2) is 0 Å². The van der Waals surface area contributed by atoms with Crippen molar-refractivity contribution in [2.24, 2.45) is 0 Å². The third kappa shape index (κ3) is 5.79. The number of fused-ring (bicyclic) bond motifs is 1. The van der Waals surface area contributed by atoms with E-state index in [1.807, 2.05) is 48.5 Å². The number of anilines is 1. The topological polar surface area (TPSA) is 74.7 Å². The minimum absolute atomic E-state index is 0.0803. The predicted octanol–water partition coefficient (Wildman–Crippen LogP) is 6.91. The molecular weight excluding hydrogens is 502 g/mol. The number of rotatable bonds is 8. The maximum atomic E-state index is 6.52. The van der Waals surface area contributed by atoms with Crippen LogP contribution >= 0.6 is 11.6 Å². The summed E-state index contributed by atoms with van der Waals surface area (Å²) in [6, 6.07) is 17.7. The summed E-state index contributed by atoms with van der Waals surface area (Å²) in [6.45, 7) is 4.73. The maximum Gasteiger partial charge on any atom is 0.127 e. The Labute approximate surface area is 228 Å². The van der Waals surface area contributed by atoms with E-state index in [4.69, 9.17) is 30.5 Å². The molecule has 1 N–H and O–H groups in total. The van der Waals surface area contributed by atoms with E-state index in [0.29, 0.717) is 11.6 Å². The van der Waals surface area contributed by atoms with Crippen molar-refractivity contribution in [1.82, 2.24) is 10.2 Å². The first-order chi connectivity index (χ1) is 18.4. The summed E-state index contributed by atoms with van der Waals surface area (Å²) in [4.78, 5) is 0. The molecule has 0 spiro atoms. The van der Waals surface area contributed by atoms with E-state index in [0.717, 1.165) is 63.4 Å². The standard InChI is InChI=1S/C30H32ClN3O4/c1-18-11-24(12-19(2)37-18)38-29-10-7-22(31)14-25(29)20-6-9-27-26(13-20)28(17-33-34-27)32-16-21-5-8-23(35-3)15-30(21)36-4/h5-10,13-15,17-19,24H,11-12,16H2,1-4H3,(H,32,34). The second-order valence-electron chi connectivity index (χ2n) is 9.63. The van der Waals surface area contributed by atoms with Gasteiger partial charge in [-0.1, -0.05) is 17.7 Å². The number of hydrogen-bond donors (Lipinski definition) is 1. The van der Waals surface area contributed by atoms with Gasteiger partial charge in [0.2, 0.25) is 0 Å². The van der Waals surface area contributed by atoms with Crippen LogP contribution in [0.3, 0.4) is 0 Å². The number of hydrogen-bond acceptors (Lipinski definition) is 7. The monoisotopic (exact) mass is 533 g/mol. The molecule has 2 unspecified atom stereocenters. The molecule has 0 saturated carbocycles. The number of halogens is 1. The van der Waals surface area contributed by atoms with E-state index >= 15 is 0 Å². The molecule has 4 aromatic rings. The molecule has 7 nitrogen and oxygen atoms in total. The van der Waals surface area contributed by atoms with Crippen LogP contribution in [0.5, 0.6) is 17.2 Å². The fourth-order valence-corrected chi connectivity index (χ4v) is 5.18. The van der Waals surface area contributed by atoms with Crippen LogP contribution in [0, 0.1) is 0 Å². The molecule has 8 heteroatoms. The second-order valence-corrected chi connectivity index (χ2v) is 10.1. The largest absolute Gasteiger partial charge is 0.497 e. The van der Waals surface area contributed by atoms with Gasteiger partial charge in [0.25, 0.3) is 0 Å². The summed E-state index contributed by atoms with van der Waals surface area (Å²) < 4.78 is 23.3. The van der Waals surface area contributed by atoms with Gasteiger partial charge >= 0.3 is 0 Å². The minimum Gasteiger partial charge on any atom is -0.497 e. The molecule has 1 fully saturated rings. The third-order valence-corrected chi connectivity index (χ3v) is 7.04. The predicted molar refractivity (Wildman–Crippen MR) is 151 cm³/mol. The lowest BCUT2D eigenvalue weighted by molar-refractivity contribution is -0.0720. The Morgan fingerprint density at radius 1 is 0.947 bits per heavy atom. The molecule has 0 amide bonds. The summed E-state index contributed by atoms with van der Waals surface area (Å²) in [5.74, 6) is 2.30. The van der Waals surface area contributed by atoms with Crippen LogP contribution in [0.2, 0.25) is 5.02 Å². The number of benzene rings is 3. The molecule has 5 rings (SSSR count). The van der Waals surface area contributed by atoms with Gasteiger partial charge in [-0.05, 0) is 61.9 Å². The highest BCUT2D eigenvalue weighted by Gasteiger charge is 2.26. The van der Waals surface area contributed by atoms with Crippen LogP contribution < -0.4 is 19.5 Å². The quantitative estimate of drug-likeness (QED) is 0.263. The van der Waals surface area contributed by atoms with Gasteiger partial charge in [-0.15, -0.1) is 0 Å². The van der Waals surface area contributed by atoms with Crippen LogP contribution in [0.4, 0.5) is 5.69 Å². The van der Waals surface area contributed by atoms with E-state index in [-0.39, 0.29) is 18.3 Å². The van der Waals surface area contributed by atoms with Crippen LogP contribution in [-0.2, 0) is 11.3 Å². The van der Waals surface area contributed by atoms with Crippen molar-refractivity contribution in [3.05, 3.63) is 71.4 Å². The highest BCUT2D eigenvalue weighted by molar-refractivity contribution is 6.31. The summed E-state index contributed by atoms with van der Waals surface area (Å²) in [5, 5.41) is 13.6. The smallest absolute Gasteiger partial charge is 0.127 e. The number of nitrogens with one attached hydrogen (secondary N) is 1. The van der Waals surface area contributed by atoms with Gasteiger partial charge in [0, 0.05) is 47.0 Å². The molecule has 1 saturated heterocycles. The molecule has 38 heavy (non-hydrogen) atoms. The molecule has 2 atom stereocenters. The van der Waals surface area contributed by atoms with Crippen molar-refractivity contribution in [3.63, 3.8) is 0 Å². The van der Waals surface area contributed by atoms with Crippen LogP contribution in [-0.4, -0.2) is 42.7 Å². The molecule has 1 aliphatic heterocycles. The lowest BCUT2D eigenvalue weighted by Crippen LogP contribution is -2.35. The van der Waals surface area contributed by atoms with Crippen molar-refractivity contribution < 1.29 is 18.9 Å². The number of aromatic nitrogens is 2. The molecule has 1 aliphatic rings. The van der Waals surface area contributed by atoms with Gasteiger partial charge in [-0.2, -0.15) is 10.2 Å². The van der Waals surface area contributed by atoms with Crippen molar-refractivity contribution in [2.75, 3.05) is 19.5 Å². The first-order valence-electron chi connectivity index (χ1n) is 12.8. The molecule has 3 aromatic carbocycles. The normalized spacial score (nSPS) is 19.2. The van der Waals surface area contributed by atoms with Gasteiger partial charge in [0.05, 0.1) is 43.8 Å². The Bertz CT molecular complexity index is 1420. The highest BCUT2D eigenvalue weighted by Crippen LogP contribution is 2.37. The molecular formula is C30H32ClN3O4. The summed E-state index contributed by atoms with van der Waals surface area (Å²) in [6.07, 6.45) is 3.85. The zero-order valence-electron chi connectivity index (χ0n) is 22.0. The van der Waals surface area contributed by atoms with Crippen molar-refractivity contribution in [1.29, 1.82) is 0 Å². The summed E-state index contributed by atoms with van der Waals surface area (Å²) in [5.41, 5.74) is 4.58. The average molecular weight is 534 g/mol. The fraction of sp³-hybridized carbons (Fsp3) is 0.333. The molecule has 0 bridgehead atoms. The van der Waals surface area contributed by atoms with E-state index in [2.05, 4.69) is 35.4 Å². The summed E-state index contributed by atoms with van der Waals surface area (Å²) in [7, 11) is 3.29. The van der Waals surface area contributed by atoms with Crippen LogP contribution in [0.1, 0.15) is 32.3 Å². The summed E-state index contributed by atoms with van der Waals surface area (Å²) >= 11 is 6.44. The zero-order chi connectivity index (χ0) is 26.6. The first-order valence-corrected chi connectivity index (χ1v) is 13.1. The number of methoxy groups -OCH3 is 2. The van der Waals surface area contributed by atoms with E-state index in [1.165, 1.54) is 0 Å². The van der Waals surface area contributed by atoms with Crippen LogP contribution in [0.25, 0.3) is 22.0 Å². The minimum atomic E-state index is 0.0803. The van der Waals surface area contributed by atoms with Crippen molar-refractivity contribution in [3.8, 4) is 28.4 Å². The number of ether oxygens (including phenoxy) is 4. The van der Waals surface area contributed by atoms with E-state index in [1.54, 1.807) is 20.4 Å². The Morgan fingerprint density at radius 3 is 2.53 bits per heavy atom. The molecule has 2 heterocycles. The molecule has 0 radical (unpaired) electrons. The van der Waals surface area contributed by atoms with Crippen LogP contribution in [0.15, 0.2) is 60.8 Å². The average Bonchev–Trinajstić information content (AvgIpc) is 2.92. The Morgan fingerprint density at radius 2 is 1.76 bits per heavy atom. The zero-order valence-corrected chi connectivity index (χ0v) is 22.8. The van der Waals surface area contributed by atoms with Crippen molar-refractivity contribution in [2.45, 2.75) is 51.5 Å². The molecule has 0 aliphatic carbocycles. The lowest BCUT2D eigenvalue weighted by Gasteiger charge is -2.32. The van der Waals surface area contributed by atoms with Crippen molar-refractivity contribution >= 4 is 28.2 Å². The fourth-order valence-electron chi connectivity index (χ4n) is 5.00. The first kappa shape index (κ1) is 26.1. The second kappa shape index (κ2) is 11.5. The van der Waals surface area contributed by atoms with Gasteiger partial charge in [-0.3, -0.25) is 0 Å². The SMILES string of the molecule is COc1ccc(CNc2cnnc3ccc(-c4cc(Cl)ccc4OC4CC(C)OC(C)C4)cc23)c(OC)c1. The number of nitrogens with zero attached hydrogens (tertiary/aromatic N) is 2. The van der Waals surface area contributed by atoms with Gasteiger partial charge < -0.3 is 24.3 Å². The van der Waals surface area contributed by atoms with Gasteiger partial charge in [0.1, 0.15) is 23.4 Å².